The van der Waals surface area contributed by atoms with E-state index in [9.17, 15) is 4.79 Å². The van der Waals surface area contributed by atoms with Crippen molar-refractivity contribution in [3.05, 3.63) is 62.5 Å². The first-order valence-corrected chi connectivity index (χ1v) is 7.11. The van der Waals surface area contributed by atoms with Crippen LogP contribution in [0.15, 0.2) is 51.4 Å². The molecule has 0 heterocycles. The Hall–Kier alpha value is -1.33. The van der Waals surface area contributed by atoms with E-state index in [2.05, 4.69) is 31.9 Å². The second kappa shape index (κ2) is 6.21. The molecule has 0 bridgehead atoms. The van der Waals surface area contributed by atoms with Crippen LogP contribution >= 0.6 is 31.9 Å². The number of anilines is 1. The molecule has 0 aliphatic carbocycles. The third kappa shape index (κ3) is 3.81. The molecule has 98 valence electrons. The number of nitrogens with two attached hydrogens (primary N) is 1. The van der Waals surface area contributed by atoms with Gasteiger partial charge in [0.1, 0.15) is 6.61 Å². The number of benzene rings is 2. The van der Waals surface area contributed by atoms with Crippen molar-refractivity contribution in [1.82, 2.24) is 0 Å². The highest BCUT2D eigenvalue weighted by atomic mass is 79.9. The van der Waals surface area contributed by atoms with Crippen LogP contribution in [0, 0.1) is 0 Å². The van der Waals surface area contributed by atoms with Crippen LogP contribution in [-0.4, -0.2) is 5.97 Å². The van der Waals surface area contributed by atoms with Gasteiger partial charge in [-0.1, -0.05) is 28.1 Å². The van der Waals surface area contributed by atoms with E-state index in [0.29, 0.717) is 15.7 Å². The first-order chi connectivity index (χ1) is 9.06. The Kier molecular flexibility index (Phi) is 4.61. The maximum atomic E-state index is 12.0. The van der Waals surface area contributed by atoms with E-state index >= 15 is 0 Å². The predicted molar refractivity (Wildman–Crippen MR) is 81.8 cm³/mol. The summed E-state index contributed by atoms with van der Waals surface area (Å²) < 4.78 is 6.88. The van der Waals surface area contributed by atoms with E-state index < -0.39 is 5.97 Å². The standard InChI is InChI=1S/C14H11Br2NO2/c15-10-3-1-2-9(6-10)8-19-14(18)12-7-11(17)4-5-13(12)16/h1-7H,8,17H2. The number of halogens is 2. The normalized spacial score (nSPS) is 10.2. The molecule has 0 amide bonds. The van der Waals surface area contributed by atoms with Crippen LogP contribution in [0.4, 0.5) is 5.69 Å². The van der Waals surface area contributed by atoms with Gasteiger partial charge in [-0.3, -0.25) is 0 Å². The average molecular weight is 385 g/mol. The van der Waals surface area contributed by atoms with E-state index in [1.165, 1.54) is 0 Å². The van der Waals surface area contributed by atoms with Crippen molar-refractivity contribution in [2.45, 2.75) is 6.61 Å². The first kappa shape index (κ1) is 14.1. The minimum atomic E-state index is -0.404. The van der Waals surface area contributed by atoms with Gasteiger partial charge >= 0.3 is 5.97 Å². The van der Waals surface area contributed by atoms with Crippen LogP contribution in [0.3, 0.4) is 0 Å². The maximum absolute atomic E-state index is 12.0. The summed E-state index contributed by atoms with van der Waals surface area (Å²) >= 11 is 6.68. The zero-order valence-electron chi connectivity index (χ0n) is 9.90. The Balaban J connectivity index is 2.07. The highest BCUT2D eigenvalue weighted by molar-refractivity contribution is 9.10. The number of rotatable bonds is 3. The minimum absolute atomic E-state index is 0.222. The molecule has 2 N–H and O–H groups in total. The van der Waals surface area contributed by atoms with Crippen LogP contribution in [0.25, 0.3) is 0 Å². The molecule has 0 saturated carbocycles. The summed E-state index contributed by atoms with van der Waals surface area (Å²) in [6.45, 7) is 0.222. The molecular weight excluding hydrogens is 374 g/mol. The van der Waals surface area contributed by atoms with Crippen LogP contribution in [0.1, 0.15) is 15.9 Å². The molecule has 2 aromatic rings. The lowest BCUT2D eigenvalue weighted by Crippen LogP contribution is -2.06. The van der Waals surface area contributed by atoms with Gasteiger partial charge < -0.3 is 10.5 Å². The number of esters is 1. The van der Waals surface area contributed by atoms with Gasteiger partial charge in [0.05, 0.1) is 5.56 Å². The number of carbonyl (C=O) groups excluding carboxylic acids is 1. The van der Waals surface area contributed by atoms with Gasteiger partial charge in [-0.15, -0.1) is 0 Å². The summed E-state index contributed by atoms with van der Waals surface area (Å²) in [6.07, 6.45) is 0. The van der Waals surface area contributed by atoms with Gasteiger partial charge in [0, 0.05) is 14.6 Å². The van der Waals surface area contributed by atoms with Crippen molar-refractivity contribution in [2.75, 3.05) is 5.73 Å². The second-order valence-electron chi connectivity index (χ2n) is 3.95. The van der Waals surface area contributed by atoms with Crippen LogP contribution < -0.4 is 5.73 Å². The number of carbonyl (C=O) groups is 1. The highest BCUT2D eigenvalue weighted by Gasteiger charge is 2.12. The molecule has 0 atom stereocenters. The van der Waals surface area contributed by atoms with E-state index in [-0.39, 0.29) is 6.61 Å². The maximum Gasteiger partial charge on any atom is 0.339 e. The fourth-order valence-electron chi connectivity index (χ4n) is 1.55. The Bertz CT molecular complexity index is 614. The molecule has 0 aromatic heterocycles. The summed E-state index contributed by atoms with van der Waals surface area (Å²) in [5, 5.41) is 0. The van der Waals surface area contributed by atoms with E-state index in [1.807, 2.05) is 24.3 Å². The number of hydrogen-bond donors (Lipinski definition) is 1. The second-order valence-corrected chi connectivity index (χ2v) is 5.72. The van der Waals surface area contributed by atoms with Crippen molar-refractivity contribution >= 4 is 43.5 Å². The van der Waals surface area contributed by atoms with Crippen molar-refractivity contribution < 1.29 is 9.53 Å². The molecule has 0 unspecified atom stereocenters. The highest BCUT2D eigenvalue weighted by Crippen LogP contribution is 2.21. The van der Waals surface area contributed by atoms with Crippen molar-refractivity contribution in [3.8, 4) is 0 Å². The lowest BCUT2D eigenvalue weighted by Gasteiger charge is -2.07. The fourth-order valence-corrected chi connectivity index (χ4v) is 2.41. The smallest absolute Gasteiger partial charge is 0.339 e. The molecule has 3 nitrogen and oxygen atoms in total. The van der Waals surface area contributed by atoms with E-state index in [4.69, 9.17) is 10.5 Å². The Morgan fingerprint density at radius 1 is 1.16 bits per heavy atom. The van der Waals surface area contributed by atoms with Gasteiger partial charge in [-0.25, -0.2) is 4.79 Å². The monoisotopic (exact) mass is 383 g/mol. The van der Waals surface area contributed by atoms with Crippen LogP contribution in [0.2, 0.25) is 0 Å². The lowest BCUT2D eigenvalue weighted by atomic mass is 10.2. The van der Waals surface area contributed by atoms with Gasteiger partial charge in [0.2, 0.25) is 0 Å². The van der Waals surface area contributed by atoms with Crippen LogP contribution in [0.5, 0.6) is 0 Å². The largest absolute Gasteiger partial charge is 0.457 e. The van der Waals surface area contributed by atoms with Crippen molar-refractivity contribution in [3.63, 3.8) is 0 Å². The van der Waals surface area contributed by atoms with Gasteiger partial charge in [0.15, 0.2) is 0 Å². The molecule has 0 fully saturated rings. The molecular formula is C14H11Br2NO2. The molecule has 19 heavy (non-hydrogen) atoms. The SMILES string of the molecule is Nc1ccc(Br)c(C(=O)OCc2cccc(Br)c2)c1. The Morgan fingerprint density at radius 2 is 1.95 bits per heavy atom. The molecule has 2 rings (SSSR count). The molecule has 0 saturated heterocycles. The topological polar surface area (TPSA) is 52.3 Å². The van der Waals surface area contributed by atoms with Crippen molar-refractivity contribution in [2.24, 2.45) is 0 Å². The lowest BCUT2D eigenvalue weighted by molar-refractivity contribution is 0.0471. The zero-order valence-corrected chi connectivity index (χ0v) is 13.1. The molecule has 0 aliphatic rings. The molecule has 2 aromatic carbocycles. The fraction of sp³-hybridized carbons (Fsp3) is 0.0714. The average Bonchev–Trinajstić information content (AvgIpc) is 2.39. The summed E-state index contributed by atoms with van der Waals surface area (Å²) in [7, 11) is 0. The number of hydrogen-bond acceptors (Lipinski definition) is 3. The molecule has 5 heteroatoms. The van der Waals surface area contributed by atoms with Gasteiger partial charge in [-0.05, 0) is 51.8 Å². The summed E-state index contributed by atoms with van der Waals surface area (Å²) in [5.41, 5.74) is 7.53. The first-order valence-electron chi connectivity index (χ1n) is 5.53. The van der Waals surface area contributed by atoms with E-state index in [1.54, 1.807) is 18.2 Å². The Labute approximate surface area is 128 Å². The van der Waals surface area contributed by atoms with Crippen LogP contribution in [-0.2, 0) is 11.3 Å². The quantitative estimate of drug-likeness (QED) is 0.638. The summed E-state index contributed by atoms with van der Waals surface area (Å²) in [5.74, 6) is -0.404. The van der Waals surface area contributed by atoms with Gasteiger partial charge in [0.25, 0.3) is 0 Å². The molecule has 0 aliphatic heterocycles. The number of nitrogen functional groups attached to an aromatic ring is 1. The third-order valence-electron chi connectivity index (χ3n) is 2.47. The predicted octanol–water partition coefficient (Wildman–Crippen LogP) is 4.15. The summed E-state index contributed by atoms with van der Waals surface area (Å²) in [4.78, 5) is 12.0. The van der Waals surface area contributed by atoms with Gasteiger partial charge in [-0.2, -0.15) is 0 Å². The van der Waals surface area contributed by atoms with Crippen molar-refractivity contribution in [1.29, 1.82) is 0 Å². The molecule has 0 spiro atoms. The minimum Gasteiger partial charge on any atom is -0.457 e. The number of ether oxygens (including phenoxy) is 1. The summed E-state index contributed by atoms with van der Waals surface area (Å²) in [6, 6.07) is 12.6. The Morgan fingerprint density at radius 3 is 2.68 bits per heavy atom. The zero-order chi connectivity index (χ0) is 13.8. The van der Waals surface area contributed by atoms with E-state index in [0.717, 1.165) is 10.0 Å². The third-order valence-corrected chi connectivity index (χ3v) is 3.65. The molecule has 0 radical (unpaired) electrons.